The van der Waals surface area contributed by atoms with Crippen molar-refractivity contribution in [1.29, 1.82) is 0 Å². The minimum Gasteiger partial charge on any atom is -0.194 e. The van der Waals surface area contributed by atoms with Crippen molar-refractivity contribution in [1.82, 2.24) is 0 Å². The van der Waals surface area contributed by atoms with Crippen LogP contribution in [-0.2, 0) is 6.54 Å². The van der Waals surface area contributed by atoms with E-state index in [2.05, 4.69) is 56.7 Å². The largest absolute Gasteiger partial charge is 0.205 e. The molecule has 0 radical (unpaired) electrons. The molecule has 0 fully saturated rings. The molecular formula is C13H18N+. The number of fused-ring (bicyclic) bond motifs is 1. The summed E-state index contributed by atoms with van der Waals surface area (Å²) in [6, 6.07) is 4.38. The third kappa shape index (κ3) is 1.59. The molecule has 0 bridgehead atoms. The van der Waals surface area contributed by atoms with Crippen molar-refractivity contribution in [2.24, 2.45) is 5.41 Å². The van der Waals surface area contributed by atoms with Crippen LogP contribution in [-0.4, -0.2) is 0 Å². The van der Waals surface area contributed by atoms with E-state index in [1.165, 1.54) is 16.8 Å². The Labute approximate surface area is 86.1 Å². The molecular weight excluding hydrogens is 170 g/mol. The molecule has 0 unspecified atom stereocenters. The van der Waals surface area contributed by atoms with Gasteiger partial charge < -0.3 is 0 Å². The second kappa shape index (κ2) is 2.94. The molecule has 0 saturated heterocycles. The Morgan fingerprint density at radius 1 is 1.21 bits per heavy atom. The van der Waals surface area contributed by atoms with Crippen molar-refractivity contribution in [2.75, 3.05) is 0 Å². The summed E-state index contributed by atoms with van der Waals surface area (Å²) in [7, 11) is 0. The molecule has 0 atom stereocenters. The van der Waals surface area contributed by atoms with Crippen molar-refractivity contribution in [3.8, 4) is 0 Å². The van der Waals surface area contributed by atoms with E-state index in [-0.39, 0.29) is 0 Å². The van der Waals surface area contributed by atoms with E-state index in [0.717, 1.165) is 6.54 Å². The second-order valence-corrected chi connectivity index (χ2v) is 5.18. The zero-order valence-electron chi connectivity index (χ0n) is 9.46. The zero-order chi connectivity index (χ0) is 10.3. The van der Waals surface area contributed by atoms with E-state index >= 15 is 0 Å². The van der Waals surface area contributed by atoms with Gasteiger partial charge in [-0.05, 0) is 18.4 Å². The van der Waals surface area contributed by atoms with Crippen molar-refractivity contribution in [2.45, 2.75) is 34.2 Å². The van der Waals surface area contributed by atoms with Crippen LogP contribution in [0.2, 0.25) is 0 Å². The highest BCUT2D eigenvalue weighted by molar-refractivity contribution is 5.50. The van der Waals surface area contributed by atoms with Crippen molar-refractivity contribution in [3.63, 3.8) is 0 Å². The molecule has 0 aromatic carbocycles. The first-order chi connectivity index (χ1) is 6.47. The molecule has 2 heterocycles. The van der Waals surface area contributed by atoms with Crippen LogP contribution in [0, 0.1) is 12.3 Å². The molecule has 2 rings (SSSR count). The summed E-state index contributed by atoms with van der Waals surface area (Å²) >= 11 is 0. The molecule has 1 aliphatic heterocycles. The van der Waals surface area contributed by atoms with E-state index in [0.29, 0.717) is 5.41 Å². The fourth-order valence-corrected chi connectivity index (χ4v) is 1.81. The number of aryl methyl sites for hydroxylation is 1. The highest BCUT2D eigenvalue weighted by atomic mass is 15.0. The van der Waals surface area contributed by atoms with E-state index in [1.54, 1.807) is 0 Å². The Morgan fingerprint density at radius 3 is 2.57 bits per heavy atom. The average molecular weight is 188 g/mol. The van der Waals surface area contributed by atoms with Crippen LogP contribution >= 0.6 is 0 Å². The summed E-state index contributed by atoms with van der Waals surface area (Å²) in [6.07, 6.45) is 4.55. The van der Waals surface area contributed by atoms with Gasteiger partial charge in [0.05, 0.1) is 0 Å². The molecule has 1 aliphatic rings. The first-order valence-electron chi connectivity index (χ1n) is 5.18. The van der Waals surface area contributed by atoms with Gasteiger partial charge in [-0.3, -0.25) is 0 Å². The van der Waals surface area contributed by atoms with Crippen molar-refractivity contribution < 1.29 is 4.57 Å². The molecule has 14 heavy (non-hydrogen) atoms. The highest BCUT2D eigenvalue weighted by Crippen LogP contribution is 2.29. The lowest BCUT2D eigenvalue weighted by atomic mass is 9.87. The molecule has 0 amide bonds. The summed E-state index contributed by atoms with van der Waals surface area (Å²) in [5.41, 5.74) is 4.47. The first-order valence-corrected chi connectivity index (χ1v) is 5.18. The summed E-state index contributed by atoms with van der Waals surface area (Å²) in [5, 5.41) is 0. The predicted octanol–water partition coefficient (Wildman–Crippen LogP) is 2.73. The molecule has 0 spiro atoms. The number of hydrogen-bond acceptors (Lipinski definition) is 0. The van der Waals surface area contributed by atoms with Crippen LogP contribution in [0.1, 0.15) is 32.0 Å². The molecule has 0 N–H and O–H groups in total. The summed E-state index contributed by atoms with van der Waals surface area (Å²) in [6.45, 7) is 10.0. The lowest BCUT2D eigenvalue weighted by molar-refractivity contribution is -0.687. The van der Waals surface area contributed by atoms with Crippen molar-refractivity contribution >= 4 is 6.08 Å². The SMILES string of the molecule is Cc1ccc2[n+](c1)CC(C(C)(C)C)=C2. The minimum absolute atomic E-state index is 0.292. The zero-order valence-corrected chi connectivity index (χ0v) is 9.46. The first kappa shape index (κ1) is 9.45. The van der Waals surface area contributed by atoms with Crippen LogP contribution in [0.4, 0.5) is 0 Å². The third-order valence-corrected chi connectivity index (χ3v) is 2.83. The fraction of sp³-hybridized carbons (Fsp3) is 0.462. The Balaban J connectivity index is 2.37. The summed E-state index contributed by atoms with van der Waals surface area (Å²) < 4.78 is 2.33. The van der Waals surface area contributed by atoms with Gasteiger partial charge in [-0.2, -0.15) is 4.57 Å². The maximum atomic E-state index is 2.33. The topological polar surface area (TPSA) is 3.88 Å². The van der Waals surface area contributed by atoms with Gasteiger partial charge >= 0.3 is 0 Å². The number of allylic oxidation sites excluding steroid dienone is 1. The molecule has 1 aromatic rings. The third-order valence-electron chi connectivity index (χ3n) is 2.83. The Kier molecular flexibility index (Phi) is 1.99. The highest BCUT2D eigenvalue weighted by Gasteiger charge is 2.27. The summed E-state index contributed by atoms with van der Waals surface area (Å²) in [5.74, 6) is 0. The monoisotopic (exact) mass is 188 g/mol. The van der Waals surface area contributed by atoms with Crippen LogP contribution in [0.5, 0.6) is 0 Å². The van der Waals surface area contributed by atoms with Gasteiger partial charge in [-0.25, -0.2) is 0 Å². The predicted molar refractivity (Wildman–Crippen MR) is 58.8 cm³/mol. The minimum atomic E-state index is 0.292. The van der Waals surface area contributed by atoms with E-state index < -0.39 is 0 Å². The normalized spacial score (nSPS) is 15.3. The summed E-state index contributed by atoms with van der Waals surface area (Å²) in [4.78, 5) is 0. The Hall–Kier alpha value is -1.11. The van der Waals surface area contributed by atoms with Gasteiger partial charge in [0.25, 0.3) is 0 Å². The van der Waals surface area contributed by atoms with E-state index in [9.17, 15) is 0 Å². The van der Waals surface area contributed by atoms with Crippen LogP contribution in [0.3, 0.4) is 0 Å². The lowest BCUT2D eigenvalue weighted by Crippen LogP contribution is -2.35. The number of hydrogen-bond donors (Lipinski definition) is 0. The Morgan fingerprint density at radius 2 is 1.93 bits per heavy atom. The van der Waals surface area contributed by atoms with Gasteiger partial charge in [0.15, 0.2) is 12.7 Å². The number of aromatic nitrogens is 1. The average Bonchev–Trinajstić information content (AvgIpc) is 2.45. The van der Waals surface area contributed by atoms with Gasteiger partial charge in [0.1, 0.15) is 0 Å². The van der Waals surface area contributed by atoms with Crippen molar-refractivity contribution in [3.05, 3.63) is 35.2 Å². The standard InChI is InChI=1S/C13H18N/c1-10-5-6-12-7-11(13(2,3)4)9-14(12)8-10/h5-8H,9H2,1-4H3/q+1. The second-order valence-electron chi connectivity index (χ2n) is 5.18. The Bertz CT molecular complexity index is 394. The van der Waals surface area contributed by atoms with E-state index in [4.69, 9.17) is 0 Å². The lowest BCUT2D eigenvalue weighted by Gasteiger charge is -2.17. The van der Waals surface area contributed by atoms with Gasteiger partial charge in [-0.15, -0.1) is 0 Å². The molecule has 0 saturated carbocycles. The van der Waals surface area contributed by atoms with Gasteiger partial charge in [0.2, 0.25) is 5.69 Å². The molecule has 1 nitrogen and oxygen atoms in total. The number of pyridine rings is 1. The van der Waals surface area contributed by atoms with Crippen LogP contribution in [0.25, 0.3) is 6.08 Å². The maximum Gasteiger partial charge on any atom is 0.205 e. The van der Waals surface area contributed by atoms with Gasteiger partial charge in [0, 0.05) is 23.3 Å². The molecule has 74 valence electrons. The van der Waals surface area contributed by atoms with Crippen LogP contribution in [0.15, 0.2) is 23.9 Å². The molecule has 1 aromatic heterocycles. The fourth-order valence-electron chi connectivity index (χ4n) is 1.81. The van der Waals surface area contributed by atoms with Gasteiger partial charge in [-0.1, -0.05) is 20.8 Å². The quantitative estimate of drug-likeness (QED) is 0.551. The maximum absolute atomic E-state index is 2.33. The smallest absolute Gasteiger partial charge is 0.194 e. The van der Waals surface area contributed by atoms with E-state index in [1.807, 2.05) is 0 Å². The molecule has 1 heteroatoms. The molecule has 0 aliphatic carbocycles. The number of rotatable bonds is 0. The number of nitrogens with zero attached hydrogens (tertiary/aromatic N) is 1. The van der Waals surface area contributed by atoms with Crippen LogP contribution < -0.4 is 4.57 Å².